The molecule has 1 amide bonds. The molecule has 2 heterocycles. The molecule has 3 nitrogen and oxygen atoms in total. The summed E-state index contributed by atoms with van der Waals surface area (Å²) < 4.78 is 5.51. The van der Waals surface area contributed by atoms with E-state index in [0.717, 1.165) is 30.7 Å². The maximum Gasteiger partial charge on any atom is 0.290 e. The molecule has 1 aliphatic heterocycles. The molecule has 4 heteroatoms. The zero-order valence-corrected chi connectivity index (χ0v) is 13.6. The van der Waals surface area contributed by atoms with Gasteiger partial charge in [0.25, 0.3) is 5.91 Å². The molecule has 1 unspecified atom stereocenters. The molecule has 0 aliphatic carbocycles. The zero-order valence-electron chi connectivity index (χ0n) is 12.8. The highest BCUT2D eigenvalue weighted by molar-refractivity contribution is 7.98. The smallest absolute Gasteiger partial charge is 0.290 e. The van der Waals surface area contributed by atoms with Gasteiger partial charge in [0, 0.05) is 28.8 Å². The van der Waals surface area contributed by atoms with E-state index in [4.69, 9.17) is 4.42 Å². The molecule has 116 valence electrons. The minimum absolute atomic E-state index is 0.0425. The number of thioether (sulfide) groups is 1. The van der Waals surface area contributed by atoms with Crippen LogP contribution in [-0.4, -0.2) is 23.4 Å². The summed E-state index contributed by atoms with van der Waals surface area (Å²) in [6.07, 6.45) is 5.01. The van der Waals surface area contributed by atoms with Gasteiger partial charge in [0.2, 0.25) is 0 Å². The van der Waals surface area contributed by atoms with Crippen LogP contribution in [0.15, 0.2) is 52.0 Å². The van der Waals surface area contributed by atoms with E-state index in [0.29, 0.717) is 11.8 Å². The van der Waals surface area contributed by atoms with Crippen LogP contribution < -0.4 is 0 Å². The van der Waals surface area contributed by atoms with Gasteiger partial charge >= 0.3 is 0 Å². The second-order valence-corrected chi connectivity index (χ2v) is 6.77. The second-order valence-electron chi connectivity index (χ2n) is 5.72. The standard InChI is InChI=1S/C18H21NO2S/c1-14-7-5-6-11-19(14)18(20)17-15(10-12-21-17)13-22-16-8-3-2-4-9-16/h2-4,8-10,12,14H,5-7,11,13H2,1H3. The summed E-state index contributed by atoms with van der Waals surface area (Å²) in [6, 6.07) is 12.4. The van der Waals surface area contributed by atoms with E-state index >= 15 is 0 Å². The number of hydrogen-bond donors (Lipinski definition) is 0. The van der Waals surface area contributed by atoms with Crippen LogP contribution in [0.5, 0.6) is 0 Å². The molecule has 1 saturated heterocycles. The molecule has 1 aliphatic rings. The molecule has 0 N–H and O–H groups in total. The van der Waals surface area contributed by atoms with Crippen LogP contribution in [0.25, 0.3) is 0 Å². The van der Waals surface area contributed by atoms with Gasteiger partial charge in [-0.15, -0.1) is 11.8 Å². The largest absolute Gasteiger partial charge is 0.459 e. The Balaban J connectivity index is 1.70. The van der Waals surface area contributed by atoms with Crippen molar-refractivity contribution in [1.82, 2.24) is 4.90 Å². The van der Waals surface area contributed by atoms with Gasteiger partial charge in [-0.25, -0.2) is 0 Å². The van der Waals surface area contributed by atoms with E-state index in [-0.39, 0.29) is 5.91 Å². The van der Waals surface area contributed by atoms with Gasteiger partial charge < -0.3 is 9.32 Å². The summed E-state index contributed by atoms with van der Waals surface area (Å²) in [4.78, 5) is 15.9. The third kappa shape index (κ3) is 3.38. The maximum atomic E-state index is 12.7. The molecular formula is C18H21NO2S. The van der Waals surface area contributed by atoms with Crippen molar-refractivity contribution in [3.05, 3.63) is 54.0 Å². The number of carbonyl (C=O) groups is 1. The third-order valence-electron chi connectivity index (χ3n) is 4.14. The Bertz CT molecular complexity index is 623. The number of amides is 1. The van der Waals surface area contributed by atoms with Crippen LogP contribution in [0, 0.1) is 0 Å². The van der Waals surface area contributed by atoms with Crippen LogP contribution in [0.4, 0.5) is 0 Å². The number of nitrogens with zero attached hydrogens (tertiary/aromatic N) is 1. The van der Waals surface area contributed by atoms with E-state index in [1.165, 1.54) is 11.3 Å². The van der Waals surface area contributed by atoms with Gasteiger partial charge in [-0.3, -0.25) is 4.79 Å². The topological polar surface area (TPSA) is 33.5 Å². The monoisotopic (exact) mass is 315 g/mol. The third-order valence-corrected chi connectivity index (χ3v) is 5.20. The van der Waals surface area contributed by atoms with Gasteiger partial charge in [-0.05, 0) is 44.4 Å². The van der Waals surface area contributed by atoms with Crippen molar-refractivity contribution in [2.75, 3.05) is 6.54 Å². The summed E-state index contributed by atoms with van der Waals surface area (Å²) in [5, 5.41) is 0. The van der Waals surface area contributed by atoms with E-state index in [1.54, 1.807) is 18.0 Å². The van der Waals surface area contributed by atoms with Crippen molar-refractivity contribution in [3.63, 3.8) is 0 Å². The van der Waals surface area contributed by atoms with E-state index in [2.05, 4.69) is 19.1 Å². The molecule has 1 fully saturated rings. The van der Waals surface area contributed by atoms with Crippen molar-refractivity contribution in [1.29, 1.82) is 0 Å². The number of piperidine rings is 1. The predicted molar refractivity (Wildman–Crippen MR) is 89.1 cm³/mol. The first-order chi connectivity index (χ1) is 10.8. The fraction of sp³-hybridized carbons (Fsp3) is 0.389. The fourth-order valence-corrected chi connectivity index (χ4v) is 3.74. The van der Waals surface area contributed by atoms with Crippen LogP contribution in [0.3, 0.4) is 0 Å². The first-order valence-corrected chi connectivity index (χ1v) is 8.79. The average molecular weight is 315 g/mol. The molecule has 0 bridgehead atoms. The molecule has 3 rings (SSSR count). The van der Waals surface area contributed by atoms with E-state index < -0.39 is 0 Å². The molecule has 1 aromatic heterocycles. The minimum atomic E-state index is 0.0425. The van der Waals surface area contributed by atoms with Crippen LogP contribution in [-0.2, 0) is 5.75 Å². The second kappa shape index (κ2) is 7.05. The first-order valence-electron chi connectivity index (χ1n) is 7.81. The highest BCUT2D eigenvalue weighted by Crippen LogP contribution is 2.27. The summed E-state index contributed by atoms with van der Waals surface area (Å²) in [6.45, 7) is 2.96. The lowest BCUT2D eigenvalue weighted by molar-refractivity contribution is 0.0602. The Morgan fingerprint density at radius 2 is 2.09 bits per heavy atom. The summed E-state index contributed by atoms with van der Waals surface area (Å²) >= 11 is 1.73. The molecular weight excluding hydrogens is 294 g/mol. The maximum absolute atomic E-state index is 12.7. The Kier molecular flexibility index (Phi) is 4.88. The molecule has 1 aromatic carbocycles. The summed E-state index contributed by atoms with van der Waals surface area (Å²) in [5.41, 5.74) is 0.983. The average Bonchev–Trinajstić information content (AvgIpc) is 3.02. The van der Waals surface area contributed by atoms with Crippen molar-refractivity contribution in [3.8, 4) is 0 Å². The fourth-order valence-electron chi connectivity index (χ4n) is 2.85. The normalized spacial score (nSPS) is 18.4. The Hall–Kier alpha value is -1.68. The number of likely N-dealkylation sites (tertiary alicyclic amines) is 1. The van der Waals surface area contributed by atoms with Gasteiger partial charge in [0.1, 0.15) is 0 Å². The highest BCUT2D eigenvalue weighted by atomic mass is 32.2. The molecule has 0 spiro atoms. The van der Waals surface area contributed by atoms with Gasteiger partial charge in [-0.1, -0.05) is 18.2 Å². The van der Waals surface area contributed by atoms with Crippen molar-refractivity contribution >= 4 is 17.7 Å². The Labute approximate surface area is 135 Å². The van der Waals surface area contributed by atoms with Crippen molar-refractivity contribution in [2.45, 2.75) is 42.9 Å². The zero-order chi connectivity index (χ0) is 15.4. The van der Waals surface area contributed by atoms with Gasteiger partial charge in [-0.2, -0.15) is 0 Å². The van der Waals surface area contributed by atoms with E-state index in [1.807, 2.05) is 29.2 Å². The minimum Gasteiger partial charge on any atom is -0.459 e. The number of hydrogen-bond acceptors (Lipinski definition) is 3. The van der Waals surface area contributed by atoms with Crippen LogP contribution in [0.1, 0.15) is 42.3 Å². The van der Waals surface area contributed by atoms with Gasteiger partial charge in [0.15, 0.2) is 5.76 Å². The van der Waals surface area contributed by atoms with Crippen molar-refractivity contribution in [2.24, 2.45) is 0 Å². The molecule has 0 saturated carbocycles. The lowest BCUT2D eigenvalue weighted by Gasteiger charge is -2.32. The number of carbonyl (C=O) groups excluding carboxylic acids is 1. The lowest BCUT2D eigenvalue weighted by Crippen LogP contribution is -2.42. The predicted octanol–water partition coefficient (Wildman–Crippen LogP) is 4.59. The highest BCUT2D eigenvalue weighted by Gasteiger charge is 2.27. The van der Waals surface area contributed by atoms with Crippen LogP contribution in [0.2, 0.25) is 0 Å². The molecule has 2 aromatic rings. The first kappa shape index (κ1) is 15.2. The lowest BCUT2D eigenvalue weighted by atomic mass is 10.0. The summed E-state index contributed by atoms with van der Waals surface area (Å²) in [5.74, 6) is 1.31. The van der Waals surface area contributed by atoms with Crippen molar-refractivity contribution < 1.29 is 9.21 Å². The molecule has 0 radical (unpaired) electrons. The molecule has 1 atom stereocenters. The SMILES string of the molecule is CC1CCCCN1C(=O)c1occc1CSc1ccccc1. The Morgan fingerprint density at radius 1 is 1.27 bits per heavy atom. The number of furan rings is 1. The summed E-state index contributed by atoms with van der Waals surface area (Å²) in [7, 11) is 0. The van der Waals surface area contributed by atoms with Crippen LogP contribution >= 0.6 is 11.8 Å². The number of rotatable bonds is 4. The Morgan fingerprint density at radius 3 is 2.86 bits per heavy atom. The number of benzene rings is 1. The quantitative estimate of drug-likeness (QED) is 0.774. The molecule has 22 heavy (non-hydrogen) atoms. The van der Waals surface area contributed by atoms with E-state index in [9.17, 15) is 4.79 Å². The van der Waals surface area contributed by atoms with Gasteiger partial charge in [0.05, 0.1) is 6.26 Å².